The highest BCUT2D eigenvalue weighted by Crippen LogP contribution is 2.38. The molecule has 0 spiro atoms. The number of nitrogens with zero attached hydrogens (tertiary/aromatic N) is 1. The van der Waals surface area contributed by atoms with Gasteiger partial charge in [0.15, 0.2) is 0 Å². The Morgan fingerprint density at radius 1 is 1.50 bits per heavy atom. The number of hydrogen-bond donors (Lipinski definition) is 0. The third-order valence-electron chi connectivity index (χ3n) is 1.98. The van der Waals surface area contributed by atoms with Crippen molar-refractivity contribution in [2.24, 2.45) is 0 Å². The van der Waals surface area contributed by atoms with Crippen molar-refractivity contribution >= 4 is 21.6 Å². The fourth-order valence-electron chi connectivity index (χ4n) is 1.39. The first kappa shape index (κ1) is 7.92. The fourth-order valence-corrected chi connectivity index (χ4v) is 2.10. The molecule has 1 atom stereocenters. The van der Waals surface area contributed by atoms with Gasteiger partial charge in [-0.3, -0.25) is 0 Å². The molecule has 3 heteroatoms. The van der Waals surface area contributed by atoms with Gasteiger partial charge in [-0.1, -0.05) is 12.1 Å². The maximum Gasteiger partial charge on any atom is 0.229 e. The summed E-state index contributed by atoms with van der Waals surface area (Å²) in [5.41, 5.74) is 1.17. The predicted octanol–water partition coefficient (Wildman–Crippen LogP) is 2.58. The summed E-state index contributed by atoms with van der Waals surface area (Å²) in [5.74, 6) is 0.959. The summed E-state index contributed by atoms with van der Waals surface area (Å²) in [6.07, 6.45) is 0. The smallest absolute Gasteiger partial charge is 0.229 e. The predicted molar refractivity (Wildman–Crippen MR) is 52.8 cm³/mol. The summed E-state index contributed by atoms with van der Waals surface area (Å²) in [6, 6.07) is 8.06. The zero-order valence-electron chi connectivity index (χ0n) is 6.83. The number of ether oxygens (including phenoxy) is 1. The first-order chi connectivity index (χ1) is 5.83. The molecule has 0 aromatic heterocycles. The van der Waals surface area contributed by atoms with Crippen LogP contribution in [-0.4, -0.2) is 11.7 Å². The molecule has 12 heavy (non-hydrogen) atoms. The summed E-state index contributed by atoms with van der Waals surface area (Å²) in [7, 11) is 0. The molecule has 1 aliphatic heterocycles. The fraction of sp³-hybridized carbons (Fsp3) is 0.333. The van der Waals surface area contributed by atoms with Crippen molar-refractivity contribution < 1.29 is 4.74 Å². The van der Waals surface area contributed by atoms with Gasteiger partial charge < -0.3 is 9.64 Å². The molecule has 0 saturated carbocycles. The molecule has 0 fully saturated rings. The van der Waals surface area contributed by atoms with Crippen LogP contribution in [0.5, 0.6) is 5.75 Å². The topological polar surface area (TPSA) is 12.5 Å². The zero-order chi connectivity index (χ0) is 8.55. The Morgan fingerprint density at radius 2 is 2.25 bits per heavy atom. The van der Waals surface area contributed by atoms with E-state index in [-0.39, 0.29) is 5.14 Å². The van der Waals surface area contributed by atoms with E-state index in [2.05, 4.69) is 33.8 Å². The Hall–Kier alpha value is -0.700. The molecule has 0 N–H and O–H groups in total. The SMILES string of the molecule is CCN1c2ccccc2OC1Br. The van der Waals surface area contributed by atoms with Crippen LogP contribution >= 0.6 is 15.9 Å². The molecule has 0 bridgehead atoms. The number of para-hydroxylation sites is 2. The second-order valence-corrected chi connectivity index (χ2v) is 3.45. The van der Waals surface area contributed by atoms with Crippen LogP contribution < -0.4 is 9.64 Å². The van der Waals surface area contributed by atoms with E-state index < -0.39 is 0 Å². The summed E-state index contributed by atoms with van der Waals surface area (Å²) in [5, 5.41) is -0.0000926. The van der Waals surface area contributed by atoms with Gasteiger partial charge in [0.05, 0.1) is 5.69 Å². The normalized spacial score (nSPS) is 20.5. The van der Waals surface area contributed by atoms with Crippen molar-refractivity contribution in [3.05, 3.63) is 24.3 Å². The number of benzene rings is 1. The van der Waals surface area contributed by atoms with Crippen LogP contribution in [-0.2, 0) is 0 Å². The van der Waals surface area contributed by atoms with Crippen LogP contribution in [0.1, 0.15) is 6.92 Å². The van der Waals surface area contributed by atoms with E-state index in [1.54, 1.807) is 0 Å². The maximum absolute atomic E-state index is 5.55. The van der Waals surface area contributed by atoms with Gasteiger partial charge in [0.25, 0.3) is 0 Å². The van der Waals surface area contributed by atoms with Crippen LogP contribution in [0.4, 0.5) is 5.69 Å². The van der Waals surface area contributed by atoms with Gasteiger partial charge in [0.2, 0.25) is 5.14 Å². The first-order valence-corrected chi connectivity index (χ1v) is 4.91. The molecule has 2 nitrogen and oxygen atoms in total. The van der Waals surface area contributed by atoms with Crippen molar-refractivity contribution in [1.82, 2.24) is 0 Å². The van der Waals surface area contributed by atoms with Crippen molar-refractivity contribution in [2.75, 3.05) is 11.4 Å². The monoisotopic (exact) mass is 227 g/mol. The Labute approximate surface area is 80.3 Å². The number of fused-ring (bicyclic) bond motifs is 1. The lowest BCUT2D eigenvalue weighted by molar-refractivity contribution is 0.321. The highest BCUT2D eigenvalue weighted by Gasteiger charge is 2.26. The van der Waals surface area contributed by atoms with E-state index >= 15 is 0 Å². The van der Waals surface area contributed by atoms with Crippen molar-refractivity contribution in [2.45, 2.75) is 12.1 Å². The molecule has 1 unspecified atom stereocenters. The third kappa shape index (κ3) is 1.08. The molecule has 1 aromatic carbocycles. The van der Waals surface area contributed by atoms with Crippen LogP contribution in [0, 0.1) is 0 Å². The van der Waals surface area contributed by atoms with E-state index in [1.165, 1.54) is 5.69 Å². The molecule has 1 heterocycles. The van der Waals surface area contributed by atoms with Crippen LogP contribution in [0.3, 0.4) is 0 Å². The van der Waals surface area contributed by atoms with E-state index in [1.807, 2.05) is 18.2 Å². The number of halogens is 1. The molecule has 0 saturated heterocycles. The van der Waals surface area contributed by atoms with E-state index in [4.69, 9.17) is 4.74 Å². The zero-order valence-corrected chi connectivity index (χ0v) is 8.41. The minimum absolute atomic E-state index is 0.0000926. The van der Waals surface area contributed by atoms with Crippen LogP contribution in [0.15, 0.2) is 24.3 Å². The number of hydrogen-bond acceptors (Lipinski definition) is 2. The highest BCUT2D eigenvalue weighted by atomic mass is 79.9. The van der Waals surface area contributed by atoms with Gasteiger partial charge >= 0.3 is 0 Å². The summed E-state index contributed by atoms with van der Waals surface area (Å²) >= 11 is 3.45. The van der Waals surface area contributed by atoms with Crippen molar-refractivity contribution in [3.8, 4) is 5.75 Å². The molecule has 64 valence electrons. The first-order valence-electron chi connectivity index (χ1n) is 3.99. The quantitative estimate of drug-likeness (QED) is 0.541. The molecule has 1 aromatic rings. The second-order valence-electron chi connectivity index (χ2n) is 2.66. The Bertz CT molecular complexity index is 290. The second kappa shape index (κ2) is 2.98. The van der Waals surface area contributed by atoms with Gasteiger partial charge in [-0.25, -0.2) is 0 Å². The molecular weight excluding hydrogens is 218 g/mol. The average molecular weight is 228 g/mol. The minimum Gasteiger partial charge on any atom is -0.458 e. The standard InChI is InChI=1S/C9H10BrNO/c1-2-11-7-5-3-4-6-8(7)12-9(11)10/h3-6,9H,2H2,1H3. The Morgan fingerprint density at radius 3 is 3.00 bits per heavy atom. The lowest BCUT2D eigenvalue weighted by atomic mass is 10.3. The van der Waals surface area contributed by atoms with Crippen molar-refractivity contribution in [1.29, 1.82) is 0 Å². The van der Waals surface area contributed by atoms with Gasteiger partial charge in [0, 0.05) is 6.54 Å². The van der Waals surface area contributed by atoms with E-state index in [9.17, 15) is 0 Å². The Balaban J connectivity index is 2.40. The van der Waals surface area contributed by atoms with Gasteiger partial charge in [-0.15, -0.1) is 0 Å². The highest BCUT2D eigenvalue weighted by molar-refractivity contribution is 9.09. The number of alkyl halides is 1. The summed E-state index contributed by atoms with van der Waals surface area (Å²) in [4.78, 5) is 2.16. The molecule has 2 rings (SSSR count). The van der Waals surface area contributed by atoms with Crippen LogP contribution in [0.25, 0.3) is 0 Å². The summed E-state index contributed by atoms with van der Waals surface area (Å²) in [6.45, 7) is 3.06. The molecule has 0 aliphatic carbocycles. The number of rotatable bonds is 1. The van der Waals surface area contributed by atoms with Crippen molar-refractivity contribution in [3.63, 3.8) is 0 Å². The van der Waals surface area contributed by atoms with Crippen LogP contribution in [0.2, 0.25) is 0 Å². The minimum atomic E-state index is -0.0000926. The van der Waals surface area contributed by atoms with E-state index in [0.29, 0.717) is 0 Å². The lowest BCUT2D eigenvalue weighted by Gasteiger charge is -2.17. The summed E-state index contributed by atoms with van der Waals surface area (Å²) < 4.78 is 5.55. The molecule has 0 radical (unpaired) electrons. The molecular formula is C9H10BrNO. The van der Waals surface area contributed by atoms with Gasteiger partial charge in [-0.05, 0) is 35.0 Å². The largest absolute Gasteiger partial charge is 0.458 e. The lowest BCUT2D eigenvalue weighted by Crippen LogP contribution is -2.28. The Kier molecular flexibility index (Phi) is 1.97. The van der Waals surface area contributed by atoms with Gasteiger partial charge in [0.1, 0.15) is 5.75 Å². The average Bonchev–Trinajstić information content (AvgIpc) is 2.40. The maximum atomic E-state index is 5.55. The number of anilines is 1. The van der Waals surface area contributed by atoms with E-state index in [0.717, 1.165) is 12.3 Å². The van der Waals surface area contributed by atoms with Gasteiger partial charge in [-0.2, -0.15) is 0 Å². The molecule has 1 aliphatic rings. The molecule has 0 amide bonds. The third-order valence-corrected chi connectivity index (χ3v) is 2.67.